The molecule has 0 rings (SSSR count). The number of carbonyl (C=O) groups is 3. The van der Waals surface area contributed by atoms with Gasteiger partial charge in [-0.2, -0.15) is 0 Å². The molecule has 0 aliphatic rings. The van der Waals surface area contributed by atoms with Crippen molar-refractivity contribution >= 4 is 17.9 Å². The van der Waals surface area contributed by atoms with Gasteiger partial charge in [-0.1, -0.05) is 250 Å². The number of allylic oxidation sites excluding steroid dienone is 6. The number of hydrogen-bond donors (Lipinski definition) is 0. The zero-order chi connectivity index (χ0) is 47.2. The lowest BCUT2D eigenvalue weighted by atomic mass is 10.0. The van der Waals surface area contributed by atoms with Crippen LogP contribution in [0, 0.1) is 0 Å². The van der Waals surface area contributed by atoms with Crippen LogP contribution in [-0.2, 0) is 28.6 Å². The van der Waals surface area contributed by atoms with E-state index in [1.54, 1.807) is 0 Å². The van der Waals surface area contributed by atoms with Crippen LogP contribution in [0.25, 0.3) is 0 Å². The van der Waals surface area contributed by atoms with Crippen molar-refractivity contribution in [2.75, 3.05) is 13.2 Å². The molecular formula is C59H108O6. The first kappa shape index (κ1) is 62.6. The SMILES string of the molecule is CCC/C=C\C/C=C\CCCCCCCC(=O)OC(COC(=O)CCCCCCCCC)COC(=O)CCCCCCCCCCCCCCCCC/C=C\CCCCCCCCCC. The molecular weight excluding hydrogens is 805 g/mol. The molecule has 0 aliphatic carbocycles. The lowest BCUT2D eigenvalue weighted by Gasteiger charge is -2.18. The normalized spacial score (nSPS) is 12.2. The van der Waals surface area contributed by atoms with E-state index in [4.69, 9.17) is 14.2 Å². The predicted molar refractivity (Wildman–Crippen MR) is 279 cm³/mol. The zero-order valence-corrected chi connectivity index (χ0v) is 43.5. The summed E-state index contributed by atoms with van der Waals surface area (Å²) in [6.07, 6.45) is 64.6. The van der Waals surface area contributed by atoms with Crippen molar-refractivity contribution in [2.24, 2.45) is 0 Å². The van der Waals surface area contributed by atoms with Crippen LogP contribution in [0.3, 0.4) is 0 Å². The first-order chi connectivity index (χ1) is 32.0. The topological polar surface area (TPSA) is 78.9 Å². The van der Waals surface area contributed by atoms with E-state index in [0.29, 0.717) is 19.3 Å². The van der Waals surface area contributed by atoms with Gasteiger partial charge in [0.15, 0.2) is 6.10 Å². The molecule has 0 aromatic heterocycles. The molecule has 0 heterocycles. The van der Waals surface area contributed by atoms with Gasteiger partial charge in [-0.25, -0.2) is 0 Å². The van der Waals surface area contributed by atoms with E-state index in [0.717, 1.165) is 89.9 Å². The smallest absolute Gasteiger partial charge is 0.306 e. The third-order valence-electron chi connectivity index (χ3n) is 12.6. The molecule has 0 N–H and O–H groups in total. The van der Waals surface area contributed by atoms with Crippen LogP contribution < -0.4 is 0 Å². The Morgan fingerprint density at radius 1 is 0.308 bits per heavy atom. The van der Waals surface area contributed by atoms with E-state index in [1.165, 1.54) is 173 Å². The summed E-state index contributed by atoms with van der Waals surface area (Å²) in [6.45, 7) is 6.55. The minimum Gasteiger partial charge on any atom is -0.462 e. The molecule has 1 unspecified atom stereocenters. The highest BCUT2D eigenvalue weighted by molar-refractivity contribution is 5.71. The molecule has 1 atom stereocenters. The lowest BCUT2D eigenvalue weighted by Crippen LogP contribution is -2.30. The molecule has 0 aliphatic heterocycles. The van der Waals surface area contributed by atoms with Gasteiger partial charge in [0.25, 0.3) is 0 Å². The number of hydrogen-bond acceptors (Lipinski definition) is 6. The van der Waals surface area contributed by atoms with Gasteiger partial charge in [-0.3, -0.25) is 14.4 Å². The molecule has 0 aromatic rings. The summed E-state index contributed by atoms with van der Waals surface area (Å²) in [5, 5.41) is 0. The van der Waals surface area contributed by atoms with Crippen molar-refractivity contribution < 1.29 is 28.6 Å². The summed E-state index contributed by atoms with van der Waals surface area (Å²) in [5.41, 5.74) is 0. The average Bonchev–Trinajstić information content (AvgIpc) is 3.30. The molecule has 0 fully saturated rings. The zero-order valence-electron chi connectivity index (χ0n) is 43.5. The van der Waals surface area contributed by atoms with E-state index >= 15 is 0 Å². The van der Waals surface area contributed by atoms with Crippen molar-refractivity contribution in [1.29, 1.82) is 0 Å². The van der Waals surface area contributed by atoms with Crippen LogP contribution in [0.2, 0.25) is 0 Å². The summed E-state index contributed by atoms with van der Waals surface area (Å²) in [5.74, 6) is -0.884. The van der Waals surface area contributed by atoms with Crippen molar-refractivity contribution in [3.05, 3.63) is 36.5 Å². The Hall–Kier alpha value is -2.37. The van der Waals surface area contributed by atoms with Gasteiger partial charge in [-0.05, 0) is 70.6 Å². The minimum absolute atomic E-state index is 0.0749. The van der Waals surface area contributed by atoms with Crippen LogP contribution >= 0.6 is 0 Å². The van der Waals surface area contributed by atoms with Gasteiger partial charge in [0.05, 0.1) is 0 Å². The van der Waals surface area contributed by atoms with E-state index < -0.39 is 6.10 Å². The monoisotopic (exact) mass is 913 g/mol. The first-order valence-corrected chi connectivity index (χ1v) is 28.5. The van der Waals surface area contributed by atoms with Crippen LogP contribution in [0.1, 0.15) is 303 Å². The van der Waals surface area contributed by atoms with Gasteiger partial charge in [0.1, 0.15) is 13.2 Å². The van der Waals surface area contributed by atoms with E-state index in [-0.39, 0.29) is 31.1 Å². The second-order valence-corrected chi connectivity index (χ2v) is 19.2. The van der Waals surface area contributed by atoms with Crippen molar-refractivity contribution in [2.45, 2.75) is 309 Å². The van der Waals surface area contributed by atoms with Crippen LogP contribution in [-0.4, -0.2) is 37.2 Å². The second-order valence-electron chi connectivity index (χ2n) is 19.2. The Bertz CT molecular complexity index is 1090. The summed E-state index contributed by atoms with van der Waals surface area (Å²) in [6, 6.07) is 0. The quantitative estimate of drug-likeness (QED) is 0.0262. The maximum absolute atomic E-state index is 12.7. The van der Waals surface area contributed by atoms with Gasteiger partial charge >= 0.3 is 17.9 Å². The molecule has 6 nitrogen and oxygen atoms in total. The van der Waals surface area contributed by atoms with Crippen molar-refractivity contribution in [3.8, 4) is 0 Å². The van der Waals surface area contributed by atoms with E-state index in [9.17, 15) is 14.4 Å². The number of unbranched alkanes of at least 4 members (excludes halogenated alkanes) is 35. The first-order valence-electron chi connectivity index (χ1n) is 28.5. The van der Waals surface area contributed by atoms with E-state index in [1.807, 2.05) is 0 Å². The Balaban J connectivity index is 4.05. The standard InChI is InChI=1S/C59H108O6/c1-4-7-10-13-16-18-20-22-23-24-25-26-27-28-29-30-31-32-33-34-35-37-38-40-43-46-49-52-58(61)64-55-56(54-63-57(60)51-48-45-42-15-12-9-6-3)65-59(62)53-50-47-44-41-39-36-21-19-17-14-11-8-5-2/h11,14,19,21,24-25,56H,4-10,12-13,15-18,20,22-23,26-55H2,1-3H3/b14-11-,21-19-,25-24-. The maximum atomic E-state index is 12.7. The largest absolute Gasteiger partial charge is 0.462 e. The third kappa shape index (κ3) is 52.5. The summed E-state index contributed by atoms with van der Waals surface area (Å²) < 4.78 is 16.7. The second kappa shape index (κ2) is 54.2. The number of rotatable bonds is 52. The lowest BCUT2D eigenvalue weighted by molar-refractivity contribution is -0.167. The molecule has 0 spiro atoms. The van der Waals surface area contributed by atoms with Crippen molar-refractivity contribution in [3.63, 3.8) is 0 Å². The molecule has 0 amide bonds. The summed E-state index contributed by atoms with van der Waals surface area (Å²) in [4.78, 5) is 37.8. The van der Waals surface area contributed by atoms with Crippen molar-refractivity contribution in [1.82, 2.24) is 0 Å². The molecule has 0 aromatic carbocycles. The number of carbonyl (C=O) groups excluding carboxylic acids is 3. The molecule has 0 saturated carbocycles. The predicted octanol–water partition coefficient (Wildman–Crippen LogP) is 18.9. The highest BCUT2D eigenvalue weighted by atomic mass is 16.6. The van der Waals surface area contributed by atoms with Crippen LogP contribution in [0.15, 0.2) is 36.5 Å². The Kier molecular flexibility index (Phi) is 52.3. The van der Waals surface area contributed by atoms with Gasteiger partial charge in [-0.15, -0.1) is 0 Å². The summed E-state index contributed by atoms with van der Waals surface area (Å²) >= 11 is 0. The van der Waals surface area contributed by atoms with Gasteiger partial charge in [0.2, 0.25) is 0 Å². The fourth-order valence-corrected chi connectivity index (χ4v) is 8.30. The maximum Gasteiger partial charge on any atom is 0.306 e. The van der Waals surface area contributed by atoms with Gasteiger partial charge in [0, 0.05) is 19.3 Å². The number of ether oxygens (including phenoxy) is 3. The van der Waals surface area contributed by atoms with Crippen LogP contribution in [0.5, 0.6) is 0 Å². The fraction of sp³-hybridized carbons (Fsp3) is 0.847. The minimum atomic E-state index is -0.773. The Morgan fingerprint density at radius 2 is 0.585 bits per heavy atom. The molecule has 0 bridgehead atoms. The fourth-order valence-electron chi connectivity index (χ4n) is 8.30. The van der Waals surface area contributed by atoms with E-state index in [2.05, 4.69) is 57.2 Å². The average molecular weight is 914 g/mol. The Morgan fingerprint density at radius 3 is 0.923 bits per heavy atom. The molecule has 65 heavy (non-hydrogen) atoms. The molecule has 0 saturated heterocycles. The molecule has 380 valence electrons. The summed E-state index contributed by atoms with van der Waals surface area (Å²) in [7, 11) is 0. The van der Waals surface area contributed by atoms with Gasteiger partial charge < -0.3 is 14.2 Å². The number of esters is 3. The third-order valence-corrected chi connectivity index (χ3v) is 12.6. The highest BCUT2D eigenvalue weighted by Gasteiger charge is 2.19. The molecule has 0 radical (unpaired) electrons. The highest BCUT2D eigenvalue weighted by Crippen LogP contribution is 2.16. The molecule has 6 heteroatoms. The Labute approximate surface area is 404 Å². The van der Waals surface area contributed by atoms with Crippen LogP contribution in [0.4, 0.5) is 0 Å².